The van der Waals surface area contributed by atoms with Gasteiger partial charge in [-0.15, -0.1) is 4.79 Å². The summed E-state index contributed by atoms with van der Waals surface area (Å²) >= 11 is 0. The van der Waals surface area contributed by atoms with Crippen LogP contribution in [0.1, 0.15) is 6.92 Å². The molecule has 0 unspecified atom stereocenters. The number of ether oxygens (including phenoxy) is 1. The molecule has 0 aliphatic heterocycles. The van der Waals surface area contributed by atoms with E-state index >= 15 is 0 Å². The Kier molecular flexibility index (Phi) is 2.03. The van der Waals surface area contributed by atoms with Crippen LogP contribution in [-0.2, 0) is 9.53 Å². The Labute approximate surface area is 42.8 Å². The van der Waals surface area contributed by atoms with Gasteiger partial charge in [0, 0.05) is 6.92 Å². The van der Waals surface area contributed by atoms with Crippen LogP contribution < -0.4 is 0 Å². The molecule has 0 aromatic carbocycles. The minimum atomic E-state index is -0.458. The molecular weight excluding hydrogens is 92.1 g/mol. The fraction of sp³-hybridized carbons (Fsp3) is 0.400. The van der Waals surface area contributed by atoms with Crippen molar-refractivity contribution >= 4 is 5.97 Å². The summed E-state index contributed by atoms with van der Waals surface area (Å²) in [6.45, 7) is 6.48. The maximum Gasteiger partial charge on any atom is 0.486 e. The summed E-state index contributed by atoms with van der Waals surface area (Å²) in [6, 6.07) is 0. The van der Waals surface area contributed by atoms with Gasteiger partial charge in [0.05, 0.1) is 6.58 Å². The Hall–Kier alpha value is -0.880. The van der Waals surface area contributed by atoms with Crippen molar-refractivity contribution in [2.75, 3.05) is 7.11 Å². The molecule has 0 radical (unpaired) electrons. The first-order valence-electron chi connectivity index (χ1n) is 1.86. The second-order valence-corrected chi connectivity index (χ2v) is 1.17. The summed E-state index contributed by atoms with van der Waals surface area (Å²) < 4.78 is 4.21. The van der Waals surface area contributed by atoms with Crippen LogP contribution in [0.5, 0.6) is 0 Å². The molecule has 0 saturated heterocycles. The van der Waals surface area contributed by atoms with Crippen molar-refractivity contribution in [3.8, 4) is 0 Å². The van der Waals surface area contributed by atoms with Gasteiger partial charge in [0.25, 0.3) is 0 Å². The maximum atomic E-state index is 10.1. The molecule has 0 aromatic rings. The van der Waals surface area contributed by atoms with Crippen LogP contribution in [0.15, 0.2) is 5.57 Å². The Bertz CT molecular complexity index is 94.3. The lowest BCUT2D eigenvalue weighted by Gasteiger charge is -1.78. The van der Waals surface area contributed by atoms with Gasteiger partial charge in [-0.2, -0.15) is 0 Å². The Morgan fingerprint density at radius 1 is 1.71 bits per heavy atom. The molecule has 0 amide bonds. The first-order valence-corrected chi connectivity index (χ1v) is 1.86. The lowest BCUT2D eigenvalue weighted by atomic mass is 10.4. The van der Waals surface area contributed by atoms with E-state index in [1.54, 1.807) is 0 Å². The molecule has 0 heterocycles. The standard InChI is InChI=1S/C5H7O2/c1-4(2)5(6)7-3/h1H,2-3H3/q+1. The van der Waals surface area contributed by atoms with Gasteiger partial charge in [-0.3, -0.25) is 0 Å². The summed E-state index contributed by atoms with van der Waals surface area (Å²) in [6.07, 6.45) is 0. The zero-order chi connectivity index (χ0) is 5.86. The monoisotopic (exact) mass is 99.0 g/mol. The number of hydrogen-bond donors (Lipinski definition) is 0. The molecule has 0 saturated carbocycles. The van der Waals surface area contributed by atoms with Crippen LogP contribution in [0.3, 0.4) is 0 Å². The van der Waals surface area contributed by atoms with E-state index in [4.69, 9.17) is 6.58 Å². The highest BCUT2D eigenvalue weighted by atomic mass is 16.5. The van der Waals surface area contributed by atoms with Crippen molar-refractivity contribution in [1.82, 2.24) is 0 Å². The van der Waals surface area contributed by atoms with E-state index in [0.717, 1.165) is 0 Å². The normalized spacial score (nSPS) is 7.57. The smallest absolute Gasteiger partial charge is 0.376 e. The highest BCUT2D eigenvalue weighted by Crippen LogP contribution is 1.86. The van der Waals surface area contributed by atoms with E-state index in [2.05, 4.69) is 4.74 Å². The van der Waals surface area contributed by atoms with Gasteiger partial charge in [-0.1, -0.05) is 0 Å². The average Bonchev–Trinajstić information content (AvgIpc) is 1.65. The first kappa shape index (κ1) is 6.12. The van der Waals surface area contributed by atoms with Crippen molar-refractivity contribution in [2.45, 2.75) is 6.92 Å². The molecular formula is C5H7O2+. The number of carbonyl (C=O) groups excluding carboxylic acids is 1. The Balaban J connectivity index is 3.58. The summed E-state index contributed by atoms with van der Waals surface area (Å²) in [5.74, 6) is -0.458. The minimum Gasteiger partial charge on any atom is -0.376 e. The van der Waals surface area contributed by atoms with Crippen molar-refractivity contribution in [2.24, 2.45) is 0 Å². The average molecular weight is 99.1 g/mol. The predicted octanol–water partition coefficient (Wildman–Crippen LogP) is 0.539. The van der Waals surface area contributed by atoms with Crippen LogP contribution in [0.4, 0.5) is 0 Å². The molecule has 0 aliphatic carbocycles. The van der Waals surface area contributed by atoms with Gasteiger partial charge >= 0.3 is 5.97 Å². The number of rotatable bonds is 1. The van der Waals surface area contributed by atoms with Crippen LogP contribution in [0, 0.1) is 6.58 Å². The molecule has 0 N–H and O–H groups in total. The van der Waals surface area contributed by atoms with E-state index in [1.165, 1.54) is 14.0 Å². The highest BCUT2D eigenvalue weighted by molar-refractivity contribution is 5.86. The van der Waals surface area contributed by atoms with Crippen molar-refractivity contribution < 1.29 is 9.53 Å². The zero-order valence-electron chi connectivity index (χ0n) is 4.39. The number of esters is 1. The molecule has 38 valence electrons. The molecule has 0 bridgehead atoms. The van der Waals surface area contributed by atoms with E-state index < -0.39 is 5.97 Å². The van der Waals surface area contributed by atoms with Gasteiger partial charge < -0.3 is 4.74 Å². The topological polar surface area (TPSA) is 26.3 Å². The fourth-order valence-corrected chi connectivity index (χ4v) is 0.161. The van der Waals surface area contributed by atoms with E-state index in [-0.39, 0.29) is 5.57 Å². The fourth-order valence-electron chi connectivity index (χ4n) is 0.161. The zero-order valence-corrected chi connectivity index (χ0v) is 4.39. The van der Waals surface area contributed by atoms with Crippen LogP contribution in [-0.4, -0.2) is 13.1 Å². The third kappa shape index (κ3) is 1.90. The quantitative estimate of drug-likeness (QED) is 0.272. The van der Waals surface area contributed by atoms with Gasteiger partial charge in [-0.25, -0.2) is 0 Å². The van der Waals surface area contributed by atoms with Crippen molar-refractivity contribution in [3.63, 3.8) is 0 Å². The van der Waals surface area contributed by atoms with E-state index in [9.17, 15) is 4.79 Å². The van der Waals surface area contributed by atoms with E-state index in [1.807, 2.05) is 0 Å². The number of carbonyl (C=O) groups is 1. The summed E-state index contributed by atoms with van der Waals surface area (Å²) in [7, 11) is 1.29. The summed E-state index contributed by atoms with van der Waals surface area (Å²) in [5, 5.41) is 0. The van der Waals surface area contributed by atoms with Gasteiger partial charge in [0.1, 0.15) is 7.11 Å². The van der Waals surface area contributed by atoms with Crippen LogP contribution >= 0.6 is 0 Å². The Morgan fingerprint density at radius 3 is 2.14 bits per heavy atom. The maximum absolute atomic E-state index is 10.1. The first-order chi connectivity index (χ1) is 3.18. The molecule has 0 atom stereocenters. The van der Waals surface area contributed by atoms with Crippen molar-refractivity contribution in [1.29, 1.82) is 0 Å². The number of methoxy groups -OCH3 is 1. The largest absolute Gasteiger partial charge is 0.486 e. The molecule has 2 heteroatoms. The molecule has 0 aliphatic rings. The molecule has 0 spiro atoms. The summed E-state index contributed by atoms with van der Waals surface area (Å²) in [4.78, 5) is 10.1. The SMILES string of the molecule is [CH+]=C(C)C(=O)OC. The molecule has 2 nitrogen and oxygen atoms in total. The lowest BCUT2D eigenvalue weighted by Crippen LogP contribution is -1.99. The molecule has 0 rings (SSSR count). The van der Waals surface area contributed by atoms with Crippen molar-refractivity contribution in [3.05, 3.63) is 12.2 Å². The Morgan fingerprint density at radius 2 is 2.14 bits per heavy atom. The second kappa shape index (κ2) is 2.32. The highest BCUT2D eigenvalue weighted by Gasteiger charge is 2.10. The minimum absolute atomic E-state index is 0.183. The summed E-state index contributed by atoms with van der Waals surface area (Å²) in [5.41, 5.74) is 0.183. The third-order valence-corrected chi connectivity index (χ3v) is 0.507. The van der Waals surface area contributed by atoms with Gasteiger partial charge in [-0.05, 0) is 0 Å². The molecule has 7 heavy (non-hydrogen) atoms. The van der Waals surface area contributed by atoms with Crippen LogP contribution in [0.2, 0.25) is 0 Å². The van der Waals surface area contributed by atoms with Gasteiger partial charge in [0.15, 0.2) is 0 Å². The molecule has 0 fully saturated rings. The number of hydrogen-bond acceptors (Lipinski definition) is 2. The second-order valence-electron chi connectivity index (χ2n) is 1.17. The van der Waals surface area contributed by atoms with Crippen LogP contribution in [0.25, 0.3) is 0 Å². The molecule has 0 aromatic heterocycles. The lowest BCUT2D eigenvalue weighted by molar-refractivity contribution is -0.136. The predicted molar refractivity (Wildman–Crippen MR) is 25.5 cm³/mol. The third-order valence-electron chi connectivity index (χ3n) is 0.507. The van der Waals surface area contributed by atoms with Gasteiger partial charge in [0.2, 0.25) is 5.57 Å². The van der Waals surface area contributed by atoms with E-state index in [0.29, 0.717) is 0 Å².